The van der Waals surface area contributed by atoms with Crippen molar-refractivity contribution in [3.63, 3.8) is 0 Å². The maximum absolute atomic E-state index is 7.84. The molecule has 0 N–H and O–H groups in total. The first-order valence-electron chi connectivity index (χ1n) is 7.38. The van der Waals surface area contributed by atoms with E-state index in [1.54, 1.807) is 0 Å². The Labute approximate surface area is 118 Å². The third-order valence-corrected chi connectivity index (χ3v) is 4.31. The number of fused-ring (bicyclic) bond motifs is 2. The number of hydrogen-bond acceptors (Lipinski definition) is 0. The largest absolute Gasteiger partial charge is 0.0623 e. The van der Waals surface area contributed by atoms with Crippen LogP contribution < -0.4 is 0 Å². The van der Waals surface area contributed by atoms with Crippen molar-refractivity contribution in [3.8, 4) is 0 Å². The molecule has 0 bridgehead atoms. The predicted molar refractivity (Wildman–Crippen MR) is 87.7 cm³/mol. The van der Waals surface area contributed by atoms with Gasteiger partial charge in [-0.15, -0.1) is 0 Å². The number of rotatable bonds is 0. The fourth-order valence-corrected chi connectivity index (χ4v) is 3.43. The van der Waals surface area contributed by atoms with Crippen molar-refractivity contribution in [2.75, 3.05) is 0 Å². The molecule has 92 valence electrons. The Morgan fingerprint density at radius 3 is 2.25 bits per heavy atom. The Balaban J connectivity index is 2.18. The molecule has 0 radical (unpaired) electrons. The van der Waals surface area contributed by atoms with E-state index in [4.69, 9.17) is 1.37 Å². The van der Waals surface area contributed by atoms with E-state index in [2.05, 4.69) is 54.6 Å². The van der Waals surface area contributed by atoms with Gasteiger partial charge in [0.2, 0.25) is 0 Å². The van der Waals surface area contributed by atoms with E-state index < -0.39 is 0 Å². The average Bonchev–Trinajstić information content (AvgIpc) is 2.51. The third-order valence-electron chi connectivity index (χ3n) is 4.31. The second-order valence-corrected chi connectivity index (χ2v) is 5.38. The zero-order chi connectivity index (χ0) is 14.0. The van der Waals surface area contributed by atoms with E-state index in [0.29, 0.717) is 6.04 Å². The highest BCUT2D eigenvalue weighted by molar-refractivity contribution is 6.28. The normalized spacial score (nSPS) is 12.7. The van der Waals surface area contributed by atoms with Crippen LogP contribution >= 0.6 is 0 Å². The first-order valence-corrected chi connectivity index (χ1v) is 6.88. The van der Waals surface area contributed by atoms with Gasteiger partial charge in [-0.1, -0.05) is 66.7 Å². The standard InChI is InChI=1S/C20H12/c1-2-7-17-15(4-1)12-16-9-8-13-5-3-6-14-10-11-18(17)20(16)19(13)14/h1-12H/i1D. The lowest BCUT2D eigenvalue weighted by Crippen LogP contribution is -1.85. The fraction of sp³-hybridized carbons (Fsp3) is 0. The maximum atomic E-state index is 7.84. The van der Waals surface area contributed by atoms with E-state index in [9.17, 15) is 0 Å². The predicted octanol–water partition coefficient (Wildman–Crippen LogP) is 5.74. The van der Waals surface area contributed by atoms with Crippen molar-refractivity contribution in [1.29, 1.82) is 0 Å². The highest BCUT2D eigenvalue weighted by atomic mass is 14.1. The average molecular weight is 253 g/mol. The van der Waals surface area contributed by atoms with Gasteiger partial charge in [0.05, 0.1) is 1.37 Å². The van der Waals surface area contributed by atoms with Crippen LogP contribution in [0, 0.1) is 0 Å². The SMILES string of the molecule is [2H]c1ccc2c(c1)cc1ccc3cccc4ccc2c1c34. The highest BCUT2D eigenvalue weighted by Crippen LogP contribution is 2.38. The van der Waals surface area contributed by atoms with Crippen molar-refractivity contribution in [2.24, 2.45) is 0 Å². The van der Waals surface area contributed by atoms with Crippen molar-refractivity contribution in [3.05, 3.63) is 72.8 Å². The van der Waals surface area contributed by atoms with Gasteiger partial charge in [0, 0.05) is 0 Å². The molecular weight excluding hydrogens is 240 g/mol. The van der Waals surface area contributed by atoms with E-state index in [1.807, 2.05) is 12.1 Å². The van der Waals surface area contributed by atoms with E-state index in [0.717, 1.165) is 5.39 Å². The number of hydrogen-bond donors (Lipinski definition) is 0. The molecule has 5 aromatic rings. The molecule has 0 aliphatic carbocycles. The van der Waals surface area contributed by atoms with Crippen LogP contribution in [0.2, 0.25) is 0 Å². The molecule has 0 aromatic heterocycles. The third kappa shape index (κ3) is 1.16. The quantitative estimate of drug-likeness (QED) is 0.244. The van der Waals surface area contributed by atoms with Crippen LogP contribution in [0.1, 0.15) is 1.37 Å². The van der Waals surface area contributed by atoms with E-state index in [-0.39, 0.29) is 0 Å². The Hall–Kier alpha value is -2.60. The number of benzene rings is 5. The van der Waals surface area contributed by atoms with Gasteiger partial charge in [-0.25, -0.2) is 0 Å². The Kier molecular flexibility index (Phi) is 1.63. The van der Waals surface area contributed by atoms with Crippen LogP contribution in [0.5, 0.6) is 0 Å². The van der Waals surface area contributed by atoms with Crippen LogP contribution in [0.25, 0.3) is 43.1 Å². The molecule has 5 rings (SSSR count). The smallest absolute Gasteiger partial charge is 0.0616 e. The van der Waals surface area contributed by atoms with Crippen molar-refractivity contribution in [1.82, 2.24) is 0 Å². The molecule has 5 aromatic carbocycles. The monoisotopic (exact) mass is 253 g/mol. The zero-order valence-corrected chi connectivity index (χ0v) is 10.9. The molecular formula is C20H12. The van der Waals surface area contributed by atoms with Gasteiger partial charge in [0.1, 0.15) is 0 Å². The summed E-state index contributed by atoms with van der Waals surface area (Å²) in [5.41, 5.74) is 0. The van der Waals surface area contributed by atoms with Crippen molar-refractivity contribution < 1.29 is 1.37 Å². The van der Waals surface area contributed by atoms with Gasteiger partial charge >= 0.3 is 0 Å². The highest BCUT2D eigenvalue weighted by Gasteiger charge is 2.09. The zero-order valence-electron chi connectivity index (χ0n) is 11.9. The summed E-state index contributed by atoms with van der Waals surface area (Å²) in [6.45, 7) is 0. The van der Waals surface area contributed by atoms with Crippen LogP contribution in [0.15, 0.2) is 72.8 Å². The van der Waals surface area contributed by atoms with Crippen LogP contribution in [0.3, 0.4) is 0 Å². The molecule has 20 heavy (non-hydrogen) atoms. The minimum Gasteiger partial charge on any atom is -0.0616 e. The molecule has 0 heterocycles. The van der Waals surface area contributed by atoms with Gasteiger partial charge in [0.15, 0.2) is 0 Å². The molecule has 0 spiro atoms. The van der Waals surface area contributed by atoms with Crippen LogP contribution in [0.4, 0.5) is 0 Å². The minimum absolute atomic E-state index is 0.565. The summed E-state index contributed by atoms with van der Waals surface area (Å²) in [5, 5.41) is 10.2. The topological polar surface area (TPSA) is 0 Å². The molecule has 0 atom stereocenters. The molecule has 0 fully saturated rings. The molecule has 0 aliphatic rings. The van der Waals surface area contributed by atoms with Gasteiger partial charge in [-0.05, 0) is 49.2 Å². The first kappa shape index (κ1) is 9.33. The van der Waals surface area contributed by atoms with Crippen LogP contribution in [-0.4, -0.2) is 0 Å². The molecule has 0 heteroatoms. The summed E-state index contributed by atoms with van der Waals surface area (Å²) in [6, 6.07) is 24.0. The minimum atomic E-state index is 0.565. The molecule has 0 amide bonds. The van der Waals surface area contributed by atoms with Gasteiger partial charge < -0.3 is 0 Å². The lowest BCUT2D eigenvalue weighted by molar-refractivity contribution is 1.78. The Morgan fingerprint density at radius 1 is 0.550 bits per heavy atom. The second kappa shape index (κ2) is 3.49. The van der Waals surface area contributed by atoms with Gasteiger partial charge in [0.25, 0.3) is 0 Å². The lowest BCUT2D eigenvalue weighted by Gasteiger charge is -2.12. The summed E-state index contributed by atoms with van der Waals surface area (Å²) in [4.78, 5) is 0. The summed E-state index contributed by atoms with van der Waals surface area (Å²) < 4.78 is 7.84. The Morgan fingerprint density at radius 2 is 1.35 bits per heavy atom. The molecule has 0 aliphatic heterocycles. The summed E-state index contributed by atoms with van der Waals surface area (Å²) in [5.74, 6) is 0. The van der Waals surface area contributed by atoms with E-state index >= 15 is 0 Å². The maximum Gasteiger partial charge on any atom is 0.0623 e. The van der Waals surface area contributed by atoms with Crippen molar-refractivity contribution >= 4 is 43.1 Å². The Bertz CT molecular complexity index is 1120. The van der Waals surface area contributed by atoms with Crippen molar-refractivity contribution in [2.45, 2.75) is 0 Å². The molecule has 0 unspecified atom stereocenters. The molecule has 0 saturated heterocycles. The summed E-state index contributed by atoms with van der Waals surface area (Å²) in [6.07, 6.45) is 0. The van der Waals surface area contributed by atoms with Crippen LogP contribution in [-0.2, 0) is 0 Å². The lowest BCUT2D eigenvalue weighted by atomic mass is 9.91. The van der Waals surface area contributed by atoms with Gasteiger partial charge in [-0.2, -0.15) is 0 Å². The molecule has 0 saturated carbocycles. The molecule has 0 nitrogen and oxygen atoms in total. The summed E-state index contributed by atoms with van der Waals surface area (Å²) in [7, 11) is 0. The second-order valence-electron chi connectivity index (χ2n) is 5.38. The summed E-state index contributed by atoms with van der Waals surface area (Å²) >= 11 is 0. The first-order chi connectivity index (χ1) is 10.3. The van der Waals surface area contributed by atoms with E-state index in [1.165, 1.54) is 37.7 Å². The van der Waals surface area contributed by atoms with Gasteiger partial charge in [-0.3, -0.25) is 0 Å². The fourth-order valence-electron chi connectivity index (χ4n) is 3.43.